The Labute approximate surface area is 152 Å². The summed E-state index contributed by atoms with van der Waals surface area (Å²) in [6.45, 7) is 1.01. The van der Waals surface area contributed by atoms with Crippen molar-refractivity contribution in [3.05, 3.63) is 64.6 Å². The number of nitrogens with two attached hydrogens (primary N) is 1. The average Bonchev–Trinajstić information content (AvgIpc) is 2.52. The Hall–Kier alpha value is -0.920. The smallest absolute Gasteiger partial charge is 0.243 e. The summed E-state index contributed by atoms with van der Waals surface area (Å²) >= 11 is 3.31. The highest BCUT2D eigenvalue weighted by molar-refractivity contribution is 9.10. The number of halogens is 2. The van der Waals surface area contributed by atoms with E-state index in [1.165, 1.54) is 4.31 Å². The first-order valence-corrected chi connectivity index (χ1v) is 9.27. The summed E-state index contributed by atoms with van der Waals surface area (Å²) in [4.78, 5) is 0.281. The lowest BCUT2D eigenvalue weighted by Gasteiger charge is -2.21. The Bertz CT molecular complexity index is 711. The highest BCUT2D eigenvalue weighted by Crippen LogP contribution is 2.20. The van der Waals surface area contributed by atoms with Gasteiger partial charge in [-0.1, -0.05) is 52.3 Å². The van der Waals surface area contributed by atoms with Gasteiger partial charge in [0.05, 0.1) is 4.90 Å². The van der Waals surface area contributed by atoms with Crippen LogP contribution in [0.3, 0.4) is 0 Å². The fraction of sp³-hybridized carbons (Fsp3) is 0.250. The molecule has 0 aliphatic heterocycles. The molecule has 0 saturated heterocycles. The van der Waals surface area contributed by atoms with Crippen LogP contribution < -0.4 is 5.73 Å². The predicted octanol–water partition coefficient (Wildman–Crippen LogP) is 3.06. The summed E-state index contributed by atoms with van der Waals surface area (Å²) in [6.07, 6.45) is 0.661. The van der Waals surface area contributed by atoms with Crippen molar-refractivity contribution in [2.75, 3.05) is 19.6 Å². The van der Waals surface area contributed by atoms with Crippen molar-refractivity contribution in [3.8, 4) is 0 Å². The standard InChI is InChI=1S/C16H19BrN2O2S.ClH/c17-15-7-4-8-16(13-15)22(20,21)19(12-10-18)11-9-14-5-2-1-3-6-14;/h1-8,13H,9-12,18H2;1H. The molecule has 0 atom stereocenters. The van der Waals surface area contributed by atoms with Crippen LogP contribution in [0, 0.1) is 0 Å². The molecule has 2 N–H and O–H groups in total. The molecule has 2 rings (SSSR count). The summed E-state index contributed by atoms with van der Waals surface area (Å²) in [7, 11) is -3.53. The van der Waals surface area contributed by atoms with Crippen LogP contribution in [0.1, 0.15) is 5.56 Å². The van der Waals surface area contributed by atoms with Gasteiger partial charge in [-0.2, -0.15) is 4.31 Å². The Morgan fingerprint density at radius 1 is 1.00 bits per heavy atom. The van der Waals surface area contributed by atoms with Gasteiger partial charge >= 0.3 is 0 Å². The number of hydrogen-bond acceptors (Lipinski definition) is 3. The van der Waals surface area contributed by atoms with E-state index in [9.17, 15) is 8.42 Å². The second-order valence-corrected chi connectivity index (χ2v) is 7.74. The predicted molar refractivity (Wildman–Crippen MR) is 99.3 cm³/mol. The monoisotopic (exact) mass is 418 g/mol. The van der Waals surface area contributed by atoms with E-state index in [1.807, 2.05) is 30.3 Å². The van der Waals surface area contributed by atoms with Crippen molar-refractivity contribution in [2.45, 2.75) is 11.3 Å². The Kier molecular flexibility index (Phi) is 8.22. The third-order valence-electron chi connectivity index (χ3n) is 3.31. The molecule has 0 aliphatic rings. The molecule has 126 valence electrons. The first kappa shape index (κ1) is 20.1. The number of sulfonamides is 1. The van der Waals surface area contributed by atoms with E-state index in [2.05, 4.69) is 15.9 Å². The highest BCUT2D eigenvalue weighted by Gasteiger charge is 2.23. The summed E-state index contributed by atoms with van der Waals surface area (Å²) in [5, 5.41) is 0. The van der Waals surface area contributed by atoms with Crippen LogP contribution >= 0.6 is 28.3 Å². The molecule has 0 radical (unpaired) electrons. The molecular weight excluding hydrogens is 400 g/mol. The lowest BCUT2D eigenvalue weighted by atomic mass is 10.1. The lowest BCUT2D eigenvalue weighted by molar-refractivity contribution is 0.421. The normalized spacial score (nSPS) is 11.3. The molecule has 0 unspecified atom stereocenters. The fourth-order valence-corrected chi connectivity index (χ4v) is 4.22. The minimum absolute atomic E-state index is 0. The quantitative estimate of drug-likeness (QED) is 0.750. The SMILES string of the molecule is Cl.NCCN(CCc1ccccc1)S(=O)(=O)c1cccc(Br)c1. The molecular formula is C16H20BrClN2O2S. The van der Waals surface area contributed by atoms with Crippen LogP contribution in [0.15, 0.2) is 64.0 Å². The molecule has 0 bridgehead atoms. The zero-order valence-corrected chi connectivity index (χ0v) is 15.8. The van der Waals surface area contributed by atoms with E-state index < -0.39 is 10.0 Å². The van der Waals surface area contributed by atoms with Crippen molar-refractivity contribution in [1.29, 1.82) is 0 Å². The van der Waals surface area contributed by atoms with Crippen LogP contribution in [-0.2, 0) is 16.4 Å². The van der Waals surface area contributed by atoms with E-state index in [-0.39, 0.29) is 17.3 Å². The third kappa shape index (κ3) is 5.58. The van der Waals surface area contributed by atoms with Gasteiger partial charge in [-0.25, -0.2) is 8.42 Å². The van der Waals surface area contributed by atoms with Crippen molar-refractivity contribution < 1.29 is 8.42 Å². The molecule has 2 aromatic rings. The molecule has 0 saturated carbocycles. The largest absolute Gasteiger partial charge is 0.329 e. The van der Waals surface area contributed by atoms with Gasteiger partial charge < -0.3 is 5.73 Å². The van der Waals surface area contributed by atoms with Gasteiger partial charge in [0.25, 0.3) is 0 Å². The fourth-order valence-electron chi connectivity index (χ4n) is 2.17. The molecule has 0 heterocycles. The Morgan fingerprint density at radius 3 is 2.30 bits per heavy atom. The maximum Gasteiger partial charge on any atom is 0.243 e. The molecule has 0 aromatic heterocycles. The van der Waals surface area contributed by atoms with Crippen molar-refractivity contribution in [2.24, 2.45) is 5.73 Å². The number of nitrogens with zero attached hydrogens (tertiary/aromatic N) is 1. The second kappa shape index (κ2) is 9.39. The minimum Gasteiger partial charge on any atom is -0.329 e. The van der Waals surface area contributed by atoms with E-state index >= 15 is 0 Å². The number of hydrogen-bond donors (Lipinski definition) is 1. The molecule has 0 amide bonds. The average molecular weight is 420 g/mol. The molecule has 23 heavy (non-hydrogen) atoms. The zero-order valence-electron chi connectivity index (χ0n) is 12.6. The highest BCUT2D eigenvalue weighted by atomic mass is 79.9. The van der Waals surface area contributed by atoms with E-state index in [1.54, 1.807) is 24.3 Å². The van der Waals surface area contributed by atoms with E-state index in [4.69, 9.17) is 5.73 Å². The summed E-state index contributed by atoms with van der Waals surface area (Å²) in [6, 6.07) is 16.6. The first-order chi connectivity index (χ1) is 10.5. The number of rotatable bonds is 7. The topological polar surface area (TPSA) is 63.4 Å². The van der Waals surface area contributed by atoms with Gasteiger partial charge in [-0.15, -0.1) is 12.4 Å². The Balaban J connectivity index is 0.00000264. The lowest BCUT2D eigenvalue weighted by Crippen LogP contribution is -2.36. The van der Waals surface area contributed by atoms with Gasteiger partial charge in [0.15, 0.2) is 0 Å². The summed E-state index contributed by atoms with van der Waals surface area (Å²) in [5.74, 6) is 0. The summed E-state index contributed by atoms with van der Waals surface area (Å²) < 4.78 is 27.7. The minimum atomic E-state index is -3.53. The van der Waals surface area contributed by atoms with Crippen molar-refractivity contribution >= 4 is 38.4 Å². The van der Waals surface area contributed by atoms with E-state index in [0.29, 0.717) is 26.1 Å². The van der Waals surface area contributed by atoms with Crippen LogP contribution in [0.5, 0.6) is 0 Å². The maximum absolute atomic E-state index is 12.7. The van der Waals surface area contributed by atoms with Gasteiger partial charge in [-0.05, 0) is 30.2 Å². The van der Waals surface area contributed by atoms with Gasteiger partial charge in [0, 0.05) is 24.1 Å². The second-order valence-electron chi connectivity index (χ2n) is 4.89. The van der Waals surface area contributed by atoms with Gasteiger partial charge in [0.1, 0.15) is 0 Å². The maximum atomic E-state index is 12.7. The Morgan fingerprint density at radius 2 is 1.70 bits per heavy atom. The summed E-state index contributed by atoms with van der Waals surface area (Å²) in [5.41, 5.74) is 6.69. The van der Waals surface area contributed by atoms with E-state index in [0.717, 1.165) is 10.0 Å². The molecule has 0 fully saturated rings. The van der Waals surface area contributed by atoms with Gasteiger partial charge in [-0.3, -0.25) is 0 Å². The molecule has 0 aliphatic carbocycles. The molecule has 4 nitrogen and oxygen atoms in total. The van der Waals surface area contributed by atoms with Gasteiger partial charge in [0.2, 0.25) is 10.0 Å². The van der Waals surface area contributed by atoms with Crippen LogP contribution in [0.2, 0.25) is 0 Å². The third-order valence-corrected chi connectivity index (χ3v) is 5.69. The van der Waals surface area contributed by atoms with Crippen LogP contribution in [0.25, 0.3) is 0 Å². The molecule has 2 aromatic carbocycles. The van der Waals surface area contributed by atoms with Crippen molar-refractivity contribution in [3.63, 3.8) is 0 Å². The zero-order chi connectivity index (χ0) is 16.0. The molecule has 7 heteroatoms. The first-order valence-electron chi connectivity index (χ1n) is 7.04. The number of benzene rings is 2. The van der Waals surface area contributed by atoms with Crippen LogP contribution in [0.4, 0.5) is 0 Å². The van der Waals surface area contributed by atoms with Crippen LogP contribution in [-0.4, -0.2) is 32.4 Å². The molecule has 0 spiro atoms. The van der Waals surface area contributed by atoms with Crippen molar-refractivity contribution in [1.82, 2.24) is 4.31 Å².